The van der Waals surface area contributed by atoms with Crippen molar-refractivity contribution in [1.82, 2.24) is 9.47 Å². The van der Waals surface area contributed by atoms with Crippen molar-refractivity contribution in [3.05, 3.63) is 89.7 Å². The van der Waals surface area contributed by atoms with Gasteiger partial charge in [-0.15, -0.1) is 0 Å². The molecule has 0 aliphatic carbocycles. The van der Waals surface area contributed by atoms with Gasteiger partial charge >= 0.3 is 0 Å². The number of hydrogen-bond donors (Lipinski definition) is 1. The van der Waals surface area contributed by atoms with Crippen LogP contribution in [0.1, 0.15) is 21.5 Å². The largest absolute Gasteiger partial charge is 0.368 e. The molecule has 4 rings (SSSR count). The lowest BCUT2D eigenvalue weighted by Gasteiger charge is -2.35. The number of rotatable bonds is 3. The van der Waals surface area contributed by atoms with Crippen molar-refractivity contribution < 1.29 is 9.59 Å². The van der Waals surface area contributed by atoms with Crippen LogP contribution in [0.4, 0.5) is 0 Å². The minimum Gasteiger partial charge on any atom is -0.368 e. The molecule has 1 aromatic heterocycles. The van der Waals surface area contributed by atoms with Crippen molar-refractivity contribution in [2.75, 3.05) is 0 Å². The number of aromatic nitrogens is 1. The Labute approximate surface area is 151 Å². The molecule has 0 radical (unpaired) electrons. The van der Waals surface area contributed by atoms with Gasteiger partial charge in [0, 0.05) is 36.6 Å². The lowest BCUT2D eigenvalue weighted by Crippen LogP contribution is -2.51. The number of amides is 2. The van der Waals surface area contributed by atoms with Crippen molar-refractivity contribution >= 4 is 11.8 Å². The van der Waals surface area contributed by atoms with E-state index in [9.17, 15) is 9.59 Å². The second-order valence-electron chi connectivity index (χ2n) is 6.46. The topological polar surface area (TPSA) is 68.3 Å². The number of nitrogens with two attached hydrogens (primary N) is 1. The highest BCUT2D eigenvalue weighted by Gasteiger charge is 2.33. The third-order valence-corrected chi connectivity index (χ3v) is 4.85. The van der Waals surface area contributed by atoms with Crippen LogP contribution in [0.3, 0.4) is 0 Å². The SMILES string of the molecule is NC(=O)[C@@H]1Cc2ccccc2CN1C(=O)c1ccc(-n2cccc2)cc1. The highest BCUT2D eigenvalue weighted by Crippen LogP contribution is 2.25. The highest BCUT2D eigenvalue weighted by molar-refractivity contribution is 5.97. The fourth-order valence-electron chi connectivity index (χ4n) is 3.44. The summed E-state index contributed by atoms with van der Waals surface area (Å²) in [6, 6.07) is 18.5. The maximum Gasteiger partial charge on any atom is 0.254 e. The van der Waals surface area contributed by atoms with Crippen molar-refractivity contribution in [3.8, 4) is 5.69 Å². The Morgan fingerprint density at radius 3 is 2.19 bits per heavy atom. The zero-order valence-corrected chi connectivity index (χ0v) is 14.2. The van der Waals surface area contributed by atoms with Gasteiger partial charge in [-0.1, -0.05) is 24.3 Å². The standard InChI is InChI=1S/C21H19N3O2/c22-20(25)19-13-16-5-1-2-6-17(16)14-24(19)21(26)15-7-9-18(10-8-15)23-11-3-4-12-23/h1-12,19H,13-14H2,(H2,22,25)/t19-/m0/s1. The third kappa shape index (κ3) is 2.88. The molecule has 1 aliphatic rings. The minimum absolute atomic E-state index is 0.178. The van der Waals surface area contributed by atoms with Gasteiger partial charge in [0.2, 0.25) is 5.91 Å². The van der Waals surface area contributed by atoms with Gasteiger partial charge < -0.3 is 15.2 Å². The summed E-state index contributed by atoms with van der Waals surface area (Å²) in [6.45, 7) is 0.391. The average Bonchev–Trinajstić information content (AvgIpc) is 3.21. The van der Waals surface area contributed by atoms with E-state index in [-0.39, 0.29) is 5.91 Å². The predicted octanol–water partition coefficient (Wildman–Crippen LogP) is 2.53. The molecule has 0 spiro atoms. The molecule has 1 atom stereocenters. The third-order valence-electron chi connectivity index (χ3n) is 4.85. The minimum atomic E-state index is -0.624. The van der Waals surface area contributed by atoms with Crippen LogP contribution in [0.15, 0.2) is 73.1 Å². The summed E-state index contributed by atoms with van der Waals surface area (Å²) in [5.74, 6) is -0.654. The second-order valence-corrected chi connectivity index (χ2v) is 6.46. The van der Waals surface area contributed by atoms with Crippen LogP contribution in [0, 0.1) is 0 Å². The van der Waals surface area contributed by atoms with Gasteiger partial charge in [0.1, 0.15) is 6.04 Å². The van der Waals surface area contributed by atoms with Crippen LogP contribution in [0.5, 0.6) is 0 Å². The smallest absolute Gasteiger partial charge is 0.254 e. The van der Waals surface area contributed by atoms with Gasteiger partial charge in [-0.05, 0) is 47.5 Å². The number of hydrogen-bond acceptors (Lipinski definition) is 2. The summed E-state index contributed by atoms with van der Waals surface area (Å²) in [6.07, 6.45) is 4.35. The monoisotopic (exact) mass is 345 g/mol. The fraction of sp³-hybridized carbons (Fsp3) is 0.143. The highest BCUT2D eigenvalue weighted by atomic mass is 16.2. The number of primary amides is 1. The molecule has 3 aromatic rings. The summed E-state index contributed by atoms with van der Waals surface area (Å²) < 4.78 is 1.97. The molecule has 0 bridgehead atoms. The first-order valence-electron chi connectivity index (χ1n) is 8.54. The molecular weight excluding hydrogens is 326 g/mol. The Hall–Kier alpha value is -3.34. The Morgan fingerprint density at radius 2 is 1.54 bits per heavy atom. The Morgan fingerprint density at radius 1 is 0.885 bits per heavy atom. The Kier molecular flexibility index (Phi) is 4.05. The van der Waals surface area contributed by atoms with E-state index in [0.717, 1.165) is 16.8 Å². The summed E-state index contributed by atoms with van der Waals surface area (Å²) in [7, 11) is 0. The van der Waals surface area contributed by atoms with Gasteiger partial charge in [0.25, 0.3) is 5.91 Å². The van der Waals surface area contributed by atoms with E-state index in [1.54, 1.807) is 17.0 Å². The molecule has 2 N–H and O–H groups in total. The number of carbonyl (C=O) groups excluding carboxylic acids is 2. The first-order chi connectivity index (χ1) is 12.6. The van der Waals surface area contributed by atoms with Gasteiger partial charge in [0.05, 0.1) is 0 Å². The van der Waals surface area contributed by atoms with E-state index in [4.69, 9.17) is 5.73 Å². The van der Waals surface area contributed by atoms with Crippen molar-refractivity contribution in [2.45, 2.75) is 19.0 Å². The fourth-order valence-corrected chi connectivity index (χ4v) is 3.44. The molecule has 0 saturated heterocycles. The molecule has 5 heteroatoms. The van der Waals surface area contributed by atoms with Gasteiger partial charge in [-0.2, -0.15) is 0 Å². The van der Waals surface area contributed by atoms with Crippen molar-refractivity contribution in [3.63, 3.8) is 0 Å². The van der Waals surface area contributed by atoms with E-state index < -0.39 is 11.9 Å². The lowest BCUT2D eigenvalue weighted by atomic mass is 9.93. The molecule has 130 valence electrons. The summed E-state index contributed by atoms with van der Waals surface area (Å²) in [4.78, 5) is 26.6. The van der Waals surface area contributed by atoms with Crippen molar-refractivity contribution in [1.29, 1.82) is 0 Å². The van der Waals surface area contributed by atoms with E-state index in [0.29, 0.717) is 18.5 Å². The van der Waals surface area contributed by atoms with E-state index in [1.165, 1.54) is 0 Å². The molecule has 2 amide bonds. The maximum absolute atomic E-state index is 13.0. The Bertz CT molecular complexity index is 946. The molecular formula is C21H19N3O2. The maximum atomic E-state index is 13.0. The summed E-state index contributed by atoms with van der Waals surface area (Å²) >= 11 is 0. The lowest BCUT2D eigenvalue weighted by molar-refractivity contribution is -0.122. The molecule has 5 nitrogen and oxygen atoms in total. The quantitative estimate of drug-likeness (QED) is 0.792. The normalized spacial score (nSPS) is 16.2. The number of fused-ring (bicyclic) bond motifs is 1. The summed E-state index contributed by atoms with van der Waals surface area (Å²) in [5, 5.41) is 0. The van der Waals surface area contributed by atoms with E-state index >= 15 is 0 Å². The average molecular weight is 345 g/mol. The number of nitrogens with zero attached hydrogens (tertiary/aromatic N) is 2. The zero-order chi connectivity index (χ0) is 18.1. The number of carbonyl (C=O) groups is 2. The van der Waals surface area contributed by atoms with Crippen LogP contribution in [0.25, 0.3) is 5.69 Å². The van der Waals surface area contributed by atoms with Crippen molar-refractivity contribution in [2.24, 2.45) is 5.73 Å². The first-order valence-corrected chi connectivity index (χ1v) is 8.54. The van der Waals surface area contributed by atoms with Crippen LogP contribution in [-0.4, -0.2) is 27.3 Å². The molecule has 26 heavy (non-hydrogen) atoms. The van der Waals surface area contributed by atoms with Crippen LogP contribution in [0.2, 0.25) is 0 Å². The molecule has 1 aliphatic heterocycles. The van der Waals surface area contributed by atoms with Crippen LogP contribution < -0.4 is 5.73 Å². The Balaban J connectivity index is 1.63. The van der Waals surface area contributed by atoms with E-state index in [1.807, 2.05) is 65.5 Å². The first kappa shape index (κ1) is 16.1. The van der Waals surface area contributed by atoms with Gasteiger partial charge in [-0.25, -0.2) is 0 Å². The second kappa shape index (κ2) is 6.52. The van der Waals surface area contributed by atoms with Crippen LogP contribution >= 0.6 is 0 Å². The van der Waals surface area contributed by atoms with Gasteiger partial charge in [-0.3, -0.25) is 9.59 Å². The zero-order valence-electron chi connectivity index (χ0n) is 14.2. The molecule has 0 fully saturated rings. The number of benzene rings is 2. The molecule has 0 saturated carbocycles. The molecule has 0 unspecified atom stereocenters. The van der Waals surface area contributed by atoms with Gasteiger partial charge in [0.15, 0.2) is 0 Å². The van der Waals surface area contributed by atoms with E-state index in [2.05, 4.69) is 0 Å². The van der Waals surface area contributed by atoms with Crippen LogP contribution in [-0.2, 0) is 17.8 Å². The molecule has 2 heterocycles. The molecule has 2 aromatic carbocycles. The summed E-state index contributed by atoms with van der Waals surface area (Å²) in [5.41, 5.74) is 9.23. The predicted molar refractivity (Wildman–Crippen MR) is 98.8 cm³/mol.